The highest BCUT2D eigenvalue weighted by Crippen LogP contribution is 2.26. The minimum Gasteiger partial charge on any atom is -0.497 e. The predicted molar refractivity (Wildman–Crippen MR) is 146 cm³/mol. The maximum Gasteiger partial charge on any atom is 0.254 e. The molecule has 4 rings (SSSR count). The van der Waals surface area contributed by atoms with Gasteiger partial charge in [0.1, 0.15) is 12.3 Å². The van der Waals surface area contributed by atoms with Crippen molar-refractivity contribution in [3.63, 3.8) is 0 Å². The zero-order chi connectivity index (χ0) is 26.4. The summed E-state index contributed by atoms with van der Waals surface area (Å²) in [6.45, 7) is 5.67. The maximum atomic E-state index is 13.2. The molecule has 188 valence electrons. The first-order chi connectivity index (χ1) is 17.9. The van der Waals surface area contributed by atoms with E-state index in [9.17, 15) is 9.59 Å². The van der Waals surface area contributed by atoms with Crippen LogP contribution in [0.1, 0.15) is 15.9 Å². The van der Waals surface area contributed by atoms with Crippen molar-refractivity contribution < 1.29 is 14.3 Å². The lowest BCUT2D eigenvalue weighted by molar-refractivity contribution is -0.116. The fraction of sp³-hybridized carbons (Fsp3) is 0.138. The molecule has 1 aromatic heterocycles. The summed E-state index contributed by atoms with van der Waals surface area (Å²) in [6.07, 6.45) is 3.43. The zero-order valence-corrected chi connectivity index (χ0v) is 21.4. The van der Waals surface area contributed by atoms with Crippen LogP contribution in [0, 0.1) is 6.92 Å². The van der Waals surface area contributed by atoms with Gasteiger partial charge in [0.05, 0.1) is 12.8 Å². The number of halogens is 1. The van der Waals surface area contributed by atoms with E-state index in [-0.39, 0.29) is 24.9 Å². The SMILES string of the molecule is C=CCN(CC(=O)Nc1nc(-c2ccc(Cl)cc2)cn1-c1ccc(OC)cc1)C(=O)c1ccccc1C. The van der Waals surface area contributed by atoms with Gasteiger partial charge in [0, 0.05) is 34.6 Å². The molecule has 8 heteroatoms. The van der Waals surface area contributed by atoms with Gasteiger partial charge in [-0.3, -0.25) is 19.5 Å². The highest BCUT2D eigenvalue weighted by molar-refractivity contribution is 6.30. The Morgan fingerprint density at radius 3 is 2.43 bits per heavy atom. The molecule has 0 bridgehead atoms. The quantitative estimate of drug-likeness (QED) is 0.287. The van der Waals surface area contributed by atoms with Crippen LogP contribution in [0.5, 0.6) is 5.75 Å². The number of aryl methyl sites for hydroxylation is 1. The summed E-state index contributed by atoms with van der Waals surface area (Å²) in [6, 6.07) is 22.0. The first kappa shape index (κ1) is 25.7. The molecule has 0 saturated heterocycles. The fourth-order valence-electron chi connectivity index (χ4n) is 3.86. The number of nitrogens with one attached hydrogen (secondary N) is 1. The van der Waals surface area contributed by atoms with E-state index in [1.54, 1.807) is 42.0 Å². The van der Waals surface area contributed by atoms with Gasteiger partial charge in [-0.2, -0.15) is 0 Å². The lowest BCUT2D eigenvalue weighted by Crippen LogP contribution is -2.38. The molecule has 0 aliphatic carbocycles. The highest BCUT2D eigenvalue weighted by Gasteiger charge is 2.21. The van der Waals surface area contributed by atoms with E-state index in [0.29, 0.717) is 28.0 Å². The third-order valence-electron chi connectivity index (χ3n) is 5.79. The zero-order valence-electron chi connectivity index (χ0n) is 20.6. The molecule has 7 nitrogen and oxygen atoms in total. The second kappa shape index (κ2) is 11.6. The minimum atomic E-state index is -0.383. The van der Waals surface area contributed by atoms with Crippen LogP contribution in [0.4, 0.5) is 5.95 Å². The van der Waals surface area contributed by atoms with E-state index >= 15 is 0 Å². The summed E-state index contributed by atoms with van der Waals surface area (Å²) < 4.78 is 7.05. The highest BCUT2D eigenvalue weighted by atomic mass is 35.5. The summed E-state index contributed by atoms with van der Waals surface area (Å²) >= 11 is 6.05. The molecule has 3 aromatic carbocycles. The van der Waals surface area contributed by atoms with Crippen LogP contribution in [-0.4, -0.2) is 46.5 Å². The number of hydrogen-bond acceptors (Lipinski definition) is 4. The number of anilines is 1. The van der Waals surface area contributed by atoms with E-state index < -0.39 is 0 Å². The monoisotopic (exact) mass is 514 g/mol. The Bertz CT molecular complexity index is 1410. The molecule has 0 radical (unpaired) electrons. The fourth-order valence-corrected chi connectivity index (χ4v) is 3.99. The molecule has 4 aromatic rings. The molecular weight excluding hydrogens is 488 g/mol. The summed E-state index contributed by atoms with van der Waals surface area (Å²) in [5, 5.41) is 3.49. The van der Waals surface area contributed by atoms with Crippen LogP contribution in [0.25, 0.3) is 16.9 Å². The average molecular weight is 515 g/mol. The van der Waals surface area contributed by atoms with Gasteiger partial charge >= 0.3 is 0 Å². The van der Waals surface area contributed by atoms with Crippen LogP contribution in [0.2, 0.25) is 5.02 Å². The Hall–Kier alpha value is -4.36. The molecule has 37 heavy (non-hydrogen) atoms. The summed E-state index contributed by atoms with van der Waals surface area (Å²) in [5.74, 6) is 0.407. The lowest BCUT2D eigenvalue weighted by atomic mass is 10.1. The number of hydrogen-bond donors (Lipinski definition) is 1. The van der Waals surface area contributed by atoms with Gasteiger partial charge in [0.25, 0.3) is 5.91 Å². The van der Waals surface area contributed by atoms with Crippen molar-refractivity contribution in [1.29, 1.82) is 0 Å². The standard InChI is InChI=1S/C29H27ClN4O3/c1-4-17-33(28(36)25-8-6-5-7-20(25)2)19-27(35)32-29-31-26(21-9-11-22(30)12-10-21)18-34(29)23-13-15-24(37-3)16-14-23/h4-16,18H,1,17,19H2,2-3H3,(H,31,32,35). The van der Waals surface area contributed by atoms with E-state index in [0.717, 1.165) is 16.8 Å². The van der Waals surface area contributed by atoms with Crippen molar-refractivity contribution in [1.82, 2.24) is 14.5 Å². The minimum absolute atomic E-state index is 0.162. The number of aromatic nitrogens is 2. The van der Waals surface area contributed by atoms with Crippen LogP contribution < -0.4 is 10.1 Å². The summed E-state index contributed by atoms with van der Waals surface area (Å²) in [5.41, 5.74) is 3.66. The van der Waals surface area contributed by atoms with Crippen molar-refractivity contribution in [3.8, 4) is 22.7 Å². The Morgan fingerprint density at radius 2 is 1.78 bits per heavy atom. The molecule has 1 N–H and O–H groups in total. The Labute approximate surface area is 221 Å². The van der Waals surface area contributed by atoms with E-state index in [4.69, 9.17) is 16.3 Å². The van der Waals surface area contributed by atoms with Crippen molar-refractivity contribution in [2.75, 3.05) is 25.5 Å². The number of amides is 2. The number of imidazole rings is 1. The topological polar surface area (TPSA) is 76.5 Å². The van der Waals surface area contributed by atoms with Gasteiger partial charge in [0.2, 0.25) is 11.9 Å². The number of rotatable bonds is 9. The lowest BCUT2D eigenvalue weighted by Gasteiger charge is -2.21. The number of carbonyl (C=O) groups is 2. The number of ether oxygens (including phenoxy) is 1. The molecule has 0 fully saturated rings. The molecule has 0 saturated carbocycles. The van der Waals surface area contributed by atoms with Gasteiger partial charge in [-0.05, 0) is 55.0 Å². The Balaban J connectivity index is 1.62. The molecule has 0 spiro atoms. The largest absolute Gasteiger partial charge is 0.497 e. The number of methoxy groups -OCH3 is 1. The van der Waals surface area contributed by atoms with Gasteiger partial charge in [-0.15, -0.1) is 6.58 Å². The second-order valence-electron chi connectivity index (χ2n) is 8.36. The van der Waals surface area contributed by atoms with Crippen LogP contribution in [-0.2, 0) is 4.79 Å². The Kier molecular flexibility index (Phi) is 8.05. The first-order valence-corrected chi connectivity index (χ1v) is 12.0. The van der Waals surface area contributed by atoms with E-state index in [1.165, 1.54) is 4.90 Å². The van der Waals surface area contributed by atoms with E-state index in [2.05, 4.69) is 16.9 Å². The molecule has 1 heterocycles. The molecule has 0 aliphatic rings. The predicted octanol–water partition coefficient (Wildman–Crippen LogP) is 5.78. The van der Waals surface area contributed by atoms with Crippen molar-refractivity contribution in [2.24, 2.45) is 0 Å². The number of benzene rings is 3. The normalized spacial score (nSPS) is 10.6. The van der Waals surface area contributed by atoms with Gasteiger partial charge in [-0.25, -0.2) is 4.98 Å². The van der Waals surface area contributed by atoms with E-state index in [1.807, 2.05) is 61.7 Å². The smallest absolute Gasteiger partial charge is 0.254 e. The Morgan fingerprint density at radius 1 is 1.08 bits per heavy atom. The second-order valence-corrected chi connectivity index (χ2v) is 8.80. The van der Waals surface area contributed by atoms with Gasteiger partial charge < -0.3 is 9.64 Å². The van der Waals surface area contributed by atoms with Crippen LogP contribution in [0.15, 0.2) is 91.6 Å². The summed E-state index contributed by atoms with van der Waals surface area (Å²) in [4.78, 5) is 32.4. The maximum absolute atomic E-state index is 13.2. The molecule has 2 amide bonds. The molecule has 0 unspecified atom stereocenters. The van der Waals surface area contributed by atoms with Crippen molar-refractivity contribution in [3.05, 3.63) is 108 Å². The molecular formula is C29H27ClN4O3. The third kappa shape index (κ3) is 6.08. The number of carbonyl (C=O) groups excluding carboxylic acids is 2. The van der Waals surface area contributed by atoms with Gasteiger partial charge in [0.15, 0.2) is 0 Å². The van der Waals surface area contributed by atoms with Crippen molar-refractivity contribution in [2.45, 2.75) is 6.92 Å². The molecule has 0 atom stereocenters. The van der Waals surface area contributed by atoms with Gasteiger partial charge in [-0.1, -0.05) is 48.0 Å². The first-order valence-electron chi connectivity index (χ1n) is 11.6. The molecule has 0 aliphatic heterocycles. The number of nitrogens with zero attached hydrogens (tertiary/aromatic N) is 3. The third-order valence-corrected chi connectivity index (χ3v) is 6.05. The summed E-state index contributed by atoms with van der Waals surface area (Å²) in [7, 11) is 1.60. The van der Waals surface area contributed by atoms with Crippen LogP contribution in [0.3, 0.4) is 0 Å². The van der Waals surface area contributed by atoms with Crippen molar-refractivity contribution >= 4 is 29.4 Å². The van der Waals surface area contributed by atoms with Crippen LogP contribution >= 0.6 is 11.6 Å². The average Bonchev–Trinajstić information content (AvgIpc) is 3.32.